The minimum Gasteiger partial charge on any atom is -0.414 e. The van der Waals surface area contributed by atoms with Crippen molar-refractivity contribution < 1.29 is 14.3 Å². The van der Waals surface area contributed by atoms with Crippen LogP contribution in [0.3, 0.4) is 0 Å². The van der Waals surface area contributed by atoms with E-state index < -0.39 is 14.4 Å². The number of rotatable bonds is 4. The molecule has 144 valence electrons. The second-order valence-corrected chi connectivity index (χ2v) is 14.3. The van der Waals surface area contributed by atoms with Gasteiger partial charge in [-0.2, -0.15) is 0 Å². The molecule has 0 saturated carbocycles. The van der Waals surface area contributed by atoms with E-state index in [1.165, 1.54) is 6.33 Å². The first kappa shape index (κ1) is 20.0. The highest BCUT2D eigenvalue weighted by Crippen LogP contribution is 2.38. The second kappa shape index (κ2) is 7.01. The zero-order valence-electron chi connectivity index (χ0n) is 15.9. The van der Waals surface area contributed by atoms with Crippen LogP contribution < -0.4 is 5.73 Å². The Balaban J connectivity index is 1.77. The molecule has 3 atom stereocenters. The van der Waals surface area contributed by atoms with E-state index in [-0.39, 0.29) is 17.4 Å². The summed E-state index contributed by atoms with van der Waals surface area (Å²) in [7, 11) is -1.89. The van der Waals surface area contributed by atoms with E-state index in [9.17, 15) is 5.11 Å². The second-order valence-electron chi connectivity index (χ2n) is 8.35. The van der Waals surface area contributed by atoms with Crippen LogP contribution >= 0.6 is 22.6 Å². The predicted octanol–water partition coefficient (Wildman–Crippen LogP) is 3.29. The molecule has 0 aromatic carbocycles. The highest BCUT2D eigenvalue weighted by molar-refractivity contribution is 14.1. The van der Waals surface area contributed by atoms with Crippen LogP contribution in [0.2, 0.25) is 18.1 Å². The number of aliphatic hydroxyl groups excluding tert-OH is 1. The zero-order chi connectivity index (χ0) is 19.3. The first-order valence-corrected chi connectivity index (χ1v) is 12.7. The van der Waals surface area contributed by atoms with Crippen LogP contribution in [0.25, 0.3) is 11.0 Å². The summed E-state index contributed by atoms with van der Waals surface area (Å²) in [6, 6.07) is 0. The number of aliphatic hydroxyl groups is 1. The van der Waals surface area contributed by atoms with Crippen molar-refractivity contribution in [2.24, 2.45) is 0 Å². The number of aromatic nitrogens is 3. The minimum atomic E-state index is -1.89. The summed E-state index contributed by atoms with van der Waals surface area (Å²) in [5.41, 5.74) is 6.71. The molecule has 9 heteroatoms. The van der Waals surface area contributed by atoms with Crippen molar-refractivity contribution in [3.05, 3.63) is 16.1 Å². The largest absolute Gasteiger partial charge is 0.414 e. The van der Waals surface area contributed by atoms with Gasteiger partial charge in [-0.3, -0.25) is 0 Å². The fraction of sp³-hybridized carbons (Fsp3) is 0.647. The Morgan fingerprint density at radius 1 is 1.42 bits per heavy atom. The van der Waals surface area contributed by atoms with Crippen molar-refractivity contribution in [2.45, 2.75) is 63.8 Å². The molecule has 2 aromatic heterocycles. The quantitative estimate of drug-likeness (QED) is 0.505. The first-order valence-electron chi connectivity index (χ1n) is 8.75. The minimum absolute atomic E-state index is 0.122. The fourth-order valence-corrected chi connectivity index (χ4v) is 4.66. The van der Waals surface area contributed by atoms with Gasteiger partial charge in [0.05, 0.1) is 18.1 Å². The maximum atomic E-state index is 10.5. The van der Waals surface area contributed by atoms with Crippen LogP contribution in [-0.2, 0) is 9.16 Å². The standard InChI is InChI=1S/C17H27IN4O3Si/c1-17(2,3)26(4,5)24-8-12-11(23)6-13(25-12)22-7-10(18)14-15(19)20-9-21-16(14)22/h7,9,11-13,23H,6,8H2,1-5H3,(H2,19,20,21)/t11-,12+,13+/m0/s1. The third-order valence-electron chi connectivity index (χ3n) is 5.52. The summed E-state index contributed by atoms with van der Waals surface area (Å²) < 4.78 is 15.3. The molecule has 26 heavy (non-hydrogen) atoms. The molecule has 0 bridgehead atoms. The number of ether oxygens (including phenoxy) is 1. The molecule has 7 nitrogen and oxygen atoms in total. The van der Waals surface area contributed by atoms with Crippen molar-refractivity contribution in [2.75, 3.05) is 12.3 Å². The van der Waals surface area contributed by atoms with Crippen LogP contribution in [0.5, 0.6) is 0 Å². The molecule has 0 spiro atoms. The Hall–Kier alpha value is -0.753. The lowest BCUT2D eigenvalue weighted by molar-refractivity contribution is -0.0403. The number of halogens is 1. The third-order valence-corrected chi connectivity index (χ3v) is 10.8. The topological polar surface area (TPSA) is 95.4 Å². The molecule has 0 aliphatic carbocycles. The number of nitrogen functional groups attached to an aromatic ring is 1. The number of fused-ring (bicyclic) bond motifs is 1. The summed E-state index contributed by atoms with van der Waals surface area (Å²) in [4.78, 5) is 8.42. The van der Waals surface area contributed by atoms with Crippen LogP contribution in [0, 0.1) is 3.57 Å². The maximum Gasteiger partial charge on any atom is 0.192 e. The molecule has 0 unspecified atom stereocenters. The van der Waals surface area contributed by atoms with Crippen molar-refractivity contribution in [1.82, 2.24) is 14.5 Å². The Labute approximate surface area is 168 Å². The van der Waals surface area contributed by atoms with E-state index in [0.717, 1.165) is 14.6 Å². The Bertz CT molecular complexity index is 805. The number of anilines is 1. The third kappa shape index (κ3) is 3.64. The molecular formula is C17H27IN4O3Si. The molecule has 3 rings (SSSR count). The van der Waals surface area contributed by atoms with E-state index in [1.807, 2.05) is 10.8 Å². The first-order chi connectivity index (χ1) is 12.0. The predicted molar refractivity (Wildman–Crippen MR) is 112 cm³/mol. The monoisotopic (exact) mass is 490 g/mol. The van der Waals surface area contributed by atoms with Crippen molar-refractivity contribution in [3.8, 4) is 0 Å². The molecule has 2 aromatic rings. The van der Waals surface area contributed by atoms with Gasteiger partial charge in [-0.25, -0.2) is 9.97 Å². The SMILES string of the molecule is CC(C)(C)[Si](C)(C)OC[C@H]1O[C@@H](n2cc(I)c3c(N)ncnc32)C[C@@H]1O. The lowest BCUT2D eigenvalue weighted by atomic mass is 10.2. The van der Waals surface area contributed by atoms with E-state index in [1.54, 1.807) is 0 Å². The zero-order valence-corrected chi connectivity index (χ0v) is 19.0. The Morgan fingerprint density at radius 3 is 2.77 bits per heavy atom. The highest BCUT2D eigenvalue weighted by atomic mass is 127. The summed E-state index contributed by atoms with van der Waals surface area (Å²) >= 11 is 2.22. The number of hydrogen-bond acceptors (Lipinski definition) is 6. The lowest BCUT2D eigenvalue weighted by Crippen LogP contribution is -2.43. The Kier molecular flexibility index (Phi) is 5.39. The summed E-state index contributed by atoms with van der Waals surface area (Å²) in [5.74, 6) is 0.453. The van der Waals surface area contributed by atoms with Crippen molar-refractivity contribution in [1.29, 1.82) is 0 Å². The highest BCUT2D eigenvalue weighted by Gasteiger charge is 2.41. The summed E-state index contributed by atoms with van der Waals surface area (Å²) in [6.07, 6.45) is 2.69. The van der Waals surface area contributed by atoms with E-state index in [2.05, 4.69) is 66.4 Å². The van der Waals surface area contributed by atoms with Gasteiger partial charge in [0.2, 0.25) is 0 Å². The van der Waals surface area contributed by atoms with E-state index in [0.29, 0.717) is 18.8 Å². The molecule has 1 aliphatic heterocycles. The molecular weight excluding hydrogens is 463 g/mol. The molecule has 3 N–H and O–H groups in total. The molecule has 1 saturated heterocycles. The van der Waals surface area contributed by atoms with Crippen LogP contribution in [-0.4, -0.2) is 46.8 Å². The molecule has 3 heterocycles. The van der Waals surface area contributed by atoms with Gasteiger partial charge in [0.25, 0.3) is 0 Å². The average Bonchev–Trinajstić information content (AvgIpc) is 3.05. The lowest BCUT2D eigenvalue weighted by Gasteiger charge is -2.37. The van der Waals surface area contributed by atoms with Gasteiger partial charge >= 0.3 is 0 Å². The molecule has 1 fully saturated rings. The fourth-order valence-electron chi connectivity index (χ4n) is 2.82. The van der Waals surface area contributed by atoms with E-state index in [4.69, 9.17) is 14.9 Å². The smallest absolute Gasteiger partial charge is 0.192 e. The van der Waals surface area contributed by atoms with Gasteiger partial charge in [0, 0.05) is 16.2 Å². The summed E-state index contributed by atoms with van der Waals surface area (Å²) in [6.45, 7) is 11.4. The van der Waals surface area contributed by atoms with Crippen LogP contribution in [0.15, 0.2) is 12.5 Å². The number of nitrogens with two attached hydrogens (primary N) is 1. The van der Waals surface area contributed by atoms with Crippen LogP contribution in [0.1, 0.15) is 33.4 Å². The van der Waals surface area contributed by atoms with Gasteiger partial charge < -0.3 is 24.6 Å². The van der Waals surface area contributed by atoms with Crippen molar-refractivity contribution >= 4 is 47.8 Å². The van der Waals surface area contributed by atoms with Gasteiger partial charge in [0.15, 0.2) is 8.32 Å². The van der Waals surface area contributed by atoms with Crippen LogP contribution in [0.4, 0.5) is 5.82 Å². The van der Waals surface area contributed by atoms with Gasteiger partial charge in [-0.15, -0.1) is 0 Å². The molecule has 0 radical (unpaired) electrons. The van der Waals surface area contributed by atoms with Gasteiger partial charge in [-0.1, -0.05) is 20.8 Å². The normalized spacial score (nSPS) is 24.5. The number of nitrogens with zero attached hydrogens (tertiary/aromatic N) is 3. The molecule has 0 amide bonds. The summed E-state index contributed by atoms with van der Waals surface area (Å²) in [5, 5.41) is 11.4. The number of hydrogen-bond donors (Lipinski definition) is 2. The maximum absolute atomic E-state index is 10.5. The van der Waals surface area contributed by atoms with Gasteiger partial charge in [-0.05, 0) is 40.7 Å². The Morgan fingerprint density at radius 2 is 2.12 bits per heavy atom. The van der Waals surface area contributed by atoms with Gasteiger partial charge in [0.1, 0.15) is 30.1 Å². The van der Waals surface area contributed by atoms with E-state index >= 15 is 0 Å². The average molecular weight is 490 g/mol. The van der Waals surface area contributed by atoms with Crippen molar-refractivity contribution in [3.63, 3.8) is 0 Å². The molecule has 1 aliphatic rings.